The molecule has 0 aliphatic heterocycles. The molecule has 0 radical (unpaired) electrons. The van der Waals surface area contributed by atoms with Crippen LogP contribution in [0, 0.1) is 17.0 Å². The van der Waals surface area contributed by atoms with Crippen LogP contribution >= 0.6 is 11.6 Å². The van der Waals surface area contributed by atoms with Crippen LogP contribution in [0.15, 0.2) is 18.3 Å². The van der Waals surface area contributed by atoms with Crippen molar-refractivity contribution in [3.05, 3.63) is 44.9 Å². The largest absolute Gasteiger partial charge is 0.464 e. The van der Waals surface area contributed by atoms with Crippen molar-refractivity contribution in [2.75, 3.05) is 7.11 Å². The average Bonchev–Trinajstić information content (AvgIpc) is 2.77. The molecule has 0 aromatic carbocycles. The Morgan fingerprint density at radius 3 is 2.70 bits per heavy atom. The van der Waals surface area contributed by atoms with Crippen molar-refractivity contribution in [1.82, 2.24) is 14.8 Å². The molecule has 2 heterocycles. The van der Waals surface area contributed by atoms with Crippen molar-refractivity contribution in [2.24, 2.45) is 0 Å². The zero-order valence-electron chi connectivity index (χ0n) is 10.5. The Hall–Kier alpha value is -2.48. The van der Waals surface area contributed by atoms with E-state index in [0.29, 0.717) is 10.7 Å². The average molecular weight is 297 g/mol. The third-order valence-electron chi connectivity index (χ3n) is 2.50. The van der Waals surface area contributed by atoms with Gasteiger partial charge in [-0.2, -0.15) is 5.10 Å². The highest BCUT2D eigenvalue weighted by atomic mass is 35.5. The second kappa shape index (κ2) is 5.25. The van der Waals surface area contributed by atoms with Crippen molar-refractivity contribution < 1.29 is 14.5 Å². The van der Waals surface area contributed by atoms with Crippen molar-refractivity contribution >= 4 is 23.3 Å². The summed E-state index contributed by atoms with van der Waals surface area (Å²) in [7, 11) is 1.19. The first kappa shape index (κ1) is 13.9. The lowest BCUT2D eigenvalue weighted by atomic mass is 10.3. The maximum Gasteiger partial charge on any atom is 0.356 e. The number of esters is 1. The fourth-order valence-corrected chi connectivity index (χ4v) is 1.65. The molecule has 2 rings (SSSR count). The number of pyridine rings is 1. The molecule has 8 nitrogen and oxygen atoms in total. The van der Waals surface area contributed by atoms with Gasteiger partial charge in [-0.1, -0.05) is 11.6 Å². The maximum absolute atomic E-state index is 11.4. The predicted molar refractivity (Wildman–Crippen MR) is 69.1 cm³/mol. The highest BCUT2D eigenvalue weighted by Gasteiger charge is 2.21. The number of hydrogen-bond acceptors (Lipinski definition) is 6. The Kier molecular flexibility index (Phi) is 3.66. The fourth-order valence-electron chi connectivity index (χ4n) is 1.52. The number of nitrogens with zero attached hydrogens (tertiary/aromatic N) is 4. The number of aromatic nitrogens is 3. The van der Waals surface area contributed by atoms with E-state index in [9.17, 15) is 14.9 Å². The Morgan fingerprint density at radius 1 is 1.50 bits per heavy atom. The summed E-state index contributed by atoms with van der Waals surface area (Å²) in [6.45, 7) is 1.65. The number of ether oxygens (including phenoxy) is 1. The molecule has 0 fully saturated rings. The van der Waals surface area contributed by atoms with Gasteiger partial charge in [0.25, 0.3) is 0 Å². The van der Waals surface area contributed by atoms with Crippen molar-refractivity contribution in [3.8, 4) is 5.82 Å². The summed E-state index contributed by atoms with van der Waals surface area (Å²) in [6, 6.07) is 2.38. The normalized spacial score (nSPS) is 10.3. The molecule has 0 saturated carbocycles. The molecular formula is C11H9ClN4O4. The number of hydrogen-bond donors (Lipinski definition) is 0. The van der Waals surface area contributed by atoms with Crippen LogP contribution in [-0.4, -0.2) is 32.8 Å². The minimum Gasteiger partial charge on any atom is -0.464 e. The monoisotopic (exact) mass is 296 g/mol. The Bertz CT molecular complexity index is 678. The summed E-state index contributed by atoms with van der Waals surface area (Å²) in [6.07, 6.45) is 1.38. The van der Waals surface area contributed by atoms with E-state index in [4.69, 9.17) is 11.6 Å². The summed E-state index contributed by atoms with van der Waals surface area (Å²) >= 11 is 5.87. The zero-order chi connectivity index (χ0) is 14.9. The zero-order valence-corrected chi connectivity index (χ0v) is 11.3. The molecule has 2 aromatic rings. The number of aryl methyl sites for hydroxylation is 1. The third kappa shape index (κ3) is 2.45. The Morgan fingerprint density at radius 2 is 2.20 bits per heavy atom. The molecule has 0 aliphatic carbocycles. The first-order valence-electron chi connectivity index (χ1n) is 5.40. The molecule has 0 saturated heterocycles. The van der Waals surface area contributed by atoms with Gasteiger partial charge in [0.2, 0.25) is 5.82 Å². The summed E-state index contributed by atoms with van der Waals surface area (Å²) in [5.41, 5.74) is 0.139. The quantitative estimate of drug-likeness (QED) is 0.487. The van der Waals surface area contributed by atoms with E-state index in [1.54, 1.807) is 6.92 Å². The van der Waals surface area contributed by atoms with Crippen LogP contribution < -0.4 is 0 Å². The Labute approximate surface area is 118 Å². The number of halogens is 1. The van der Waals surface area contributed by atoms with Gasteiger partial charge in [0.15, 0.2) is 5.69 Å². The van der Waals surface area contributed by atoms with Gasteiger partial charge in [-0.25, -0.2) is 14.5 Å². The fraction of sp³-hybridized carbons (Fsp3) is 0.182. The molecule has 104 valence electrons. The van der Waals surface area contributed by atoms with Crippen LogP contribution in [0.3, 0.4) is 0 Å². The van der Waals surface area contributed by atoms with Gasteiger partial charge in [-0.15, -0.1) is 0 Å². The Balaban J connectivity index is 2.63. The topological polar surface area (TPSA) is 100 Å². The van der Waals surface area contributed by atoms with Gasteiger partial charge in [0.1, 0.15) is 0 Å². The summed E-state index contributed by atoms with van der Waals surface area (Å²) in [5, 5.41) is 15.4. The van der Waals surface area contributed by atoms with Crippen molar-refractivity contribution in [2.45, 2.75) is 6.92 Å². The van der Waals surface area contributed by atoms with E-state index < -0.39 is 10.9 Å². The van der Waals surface area contributed by atoms with Gasteiger partial charge in [-0.05, 0) is 13.0 Å². The first-order chi connectivity index (χ1) is 9.43. The number of carbonyl (C=O) groups is 1. The molecule has 0 atom stereocenters. The predicted octanol–water partition coefficient (Wildman–Crippen LogP) is 1.92. The minimum atomic E-state index is -0.698. The van der Waals surface area contributed by atoms with Crippen LogP contribution in [0.1, 0.15) is 16.2 Å². The van der Waals surface area contributed by atoms with E-state index in [2.05, 4.69) is 14.8 Å². The number of rotatable bonds is 3. The van der Waals surface area contributed by atoms with Gasteiger partial charge < -0.3 is 4.74 Å². The molecule has 0 bridgehead atoms. The smallest absolute Gasteiger partial charge is 0.356 e. The highest BCUT2D eigenvalue weighted by molar-refractivity contribution is 6.31. The third-order valence-corrected chi connectivity index (χ3v) is 2.87. The molecule has 0 unspecified atom stereocenters. The molecular weight excluding hydrogens is 288 g/mol. The molecule has 9 heteroatoms. The van der Waals surface area contributed by atoms with Gasteiger partial charge in [0.05, 0.1) is 28.9 Å². The second-order valence-electron chi connectivity index (χ2n) is 3.79. The van der Waals surface area contributed by atoms with E-state index in [0.717, 1.165) is 4.68 Å². The van der Waals surface area contributed by atoms with E-state index in [1.807, 2.05) is 0 Å². The molecule has 0 N–H and O–H groups in total. The summed E-state index contributed by atoms with van der Waals surface area (Å²) in [5.74, 6) is -0.802. The van der Waals surface area contributed by atoms with Crippen LogP contribution in [0.5, 0.6) is 0 Å². The minimum absolute atomic E-state index is 0.0580. The first-order valence-corrected chi connectivity index (χ1v) is 5.77. The SMILES string of the molecule is COC(=O)c1ccc([N+](=O)[O-])c(-n2cc(Cl)c(C)n2)n1. The number of methoxy groups -OCH3 is 1. The van der Waals surface area contributed by atoms with Crippen LogP contribution in [0.25, 0.3) is 5.82 Å². The molecule has 0 amide bonds. The lowest BCUT2D eigenvalue weighted by Crippen LogP contribution is -2.10. The van der Waals surface area contributed by atoms with E-state index >= 15 is 0 Å². The molecule has 2 aromatic heterocycles. The van der Waals surface area contributed by atoms with E-state index in [1.165, 1.54) is 25.4 Å². The highest BCUT2D eigenvalue weighted by Crippen LogP contribution is 2.23. The van der Waals surface area contributed by atoms with Crippen molar-refractivity contribution in [1.29, 1.82) is 0 Å². The standard InChI is InChI=1S/C11H9ClN4O4/c1-6-7(12)5-15(14-6)10-9(16(18)19)4-3-8(13-10)11(17)20-2/h3-5H,1-2H3. The van der Waals surface area contributed by atoms with Gasteiger partial charge in [0, 0.05) is 6.07 Å². The summed E-state index contributed by atoms with van der Waals surface area (Å²) in [4.78, 5) is 25.8. The van der Waals surface area contributed by atoms with Gasteiger partial charge >= 0.3 is 11.7 Å². The second-order valence-corrected chi connectivity index (χ2v) is 4.20. The summed E-state index contributed by atoms with van der Waals surface area (Å²) < 4.78 is 5.68. The van der Waals surface area contributed by atoms with Crippen LogP contribution in [0.4, 0.5) is 5.69 Å². The van der Waals surface area contributed by atoms with Crippen LogP contribution in [0.2, 0.25) is 5.02 Å². The maximum atomic E-state index is 11.4. The number of carbonyl (C=O) groups excluding carboxylic acids is 1. The van der Waals surface area contributed by atoms with E-state index in [-0.39, 0.29) is 17.2 Å². The van der Waals surface area contributed by atoms with Crippen LogP contribution in [-0.2, 0) is 4.74 Å². The number of nitro groups is 1. The van der Waals surface area contributed by atoms with Gasteiger partial charge in [-0.3, -0.25) is 10.1 Å². The molecule has 20 heavy (non-hydrogen) atoms. The van der Waals surface area contributed by atoms with Crippen molar-refractivity contribution in [3.63, 3.8) is 0 Å². The lowest BCUT2D eigenvalue weighted by molar-refractivity contribution is -0.384. The molecule has 0 aliphatic rings. The lowest BCUT2D eigenvalue weighted by Gasteiger charge is -2.04. The molecule has 0 spiro atoms.